The zero-order valence-electron chi connectivity index (χ0n) is 14.9. The van der Waals surface area contributed by atoms with Crippen LogP contribution in [0, 0.1) is 11.3 Å². The molecule has 25 heavy (non-hydrogen) atoms. The Morgan fingerprint density at radius 2 is 1.88 bits per heavy atom. The predicted molar refractivity (Wildman–Crippen MR) is 106 cm³/mol. The van der Waals surface area contributed by atoms with Crippen molar-refractivity contribution in [2.75, 3.05) is 45.8 Å². The number of benzene rings is 1. The fourth-order valence-corrected chi connectivity index (χ4v) is 4.79. The molecule has 5 rings (SSSR count). The van der Waals surface area contributed by atoms with Crippen molar-refractivity contribution in [2.24, 2.45) is 16.4 Å². The molecule has 2 N–H and O–H groups in total. The molecule has 5 nitrogen and oxygen atoms in total. The van der Waals surface area contributed by atoms with Gasteiger partial charge in [0.05, 0.1) is 5.71 Å². The first-order valence-electron chi connectivity index (χ1n) is 9.23. The fraction of sp³-hybridized carbons (Fsp3) is 0.579. The first-order chi connectivity index (χ1) is 12.1. The van der Waals surface area contributed by atoms with Gasteiger partial charge in [-0.2, -0.15) is 5.10 Å². The van der Waals surface area contributed by atoms with E-state index in [0.29, 0.717) is 11.0 Å². The second-order valence-electron chi connectivity index (χ2n) is 7.83. The SMILES string of the molecule is CC12CN3CCN(CC(C3)/C1=N\NC(=S)NCCc1ccccc1)C2. The molecule has 0 aliphatic carbocycles. The Kier molecular flexibility index (Phi) is 4.75. The lowest BCUT2D eigenvalue weighted by Gasteiger charge is -2.48. The highest BCUT2D eigenvalue weighted by atomic mass is 32.1. The van der Waals surface area contributed by atoms with Crippen molar-refractivity contribution in [2.45, 2.75) is 13.3 Å². The molecule has 2 atom stereocenters. The molecule has 2 unspecified atom stereocenters. The molecule has 134 valence electrons. The number of nitrogens with one attached hydrogen (secondary N) is 2. The Bertz CT molecular complexity index is 643. The van der Waals surface area contributed by atoms with Crippen molar-refractivity contribution in [3.05, 3.63) is 35.9 Å². The van der Waals surface area contributed by atoms with Gasteiger partial charge in [-0.25, -0.2) is 0 Å². The number of nitrogens with zero attached hydrogens (tertiary/aromatic N) is 3. The first kappa shape index (κ1) is 16.9. The van der Waals surface area contributed by atoms with Crippen LogP contribution in [0.4, 0.5) is 0 Å². The van der Waals surface area contributed by atoms with Crippen LogP contribution < -0.4 is 10.7 Å². The average molecular weight is 358 g/mol. The van der Waals surface area contributed by atoms with E-state index in [2.05, 4.69) is 51.7 Å². The second-order valence-corrected chi connectivity index (χ2v) is 8.24. The number of hydrazone groups is 1. The van der Waals surface area contributed by atoms with E-state index in [1.165, 1.54) is 24.4 Å². The molecular weight excluding hydrogens is 330 g/mol. The molecule has 0 aromatic heterocycles. The summed E-state index contributed by atoms with van der Waals surface area (Å²) in [5, 5.41) is 8.67. The summed E-state index contributed by atoms with van der Waals surface area (Å²) >= 11 is 5.41. The zero-order chi connectivity index (χ0) is 17.3. The molecule has 1 aromatic rings. The average Bonchev–Trinajstić information content (AvgIpc) is 2.82. The molecule has 0 radical (unpaired) electrons. The predicted octanol–water partition coefficient (Wildman–Crippen LogP) is 1.32. The maximum Gasteiger partial charge on any atom is 0.186 e. The van der Waals surface area contributed by atoms with Gasteiger partial charge in [-0.3, -0.25) is 5.43 Å². The van der Waals surface area contributed by atoms with Crippen LogP contribution in [0.15, 0.2) is 35.4 Å². The van der Waals surface area contributed by atoms with E-state index >= 15 is 0 Å². The van der Waals surface area contributed by atoms with Gasteiger partial charge in [0.15, 0.2) is 5.11 Å². The Morgan fingerprint density at radius 3 is 2.52 bits per heavy atom. The summed E-state index contributed by atoms with van der Waals surface area (Å²) in [5.41, 5.74) is 5.90. The minimum absolute atomic E-state index is 0.157. The van der Waals surface area contributed by atoms with Gasteiger partial charge in [-0.05, 0) is 24.2 Å². The van der Waals surface area contributed by atoms with Gasteiger partial charge < -0.3 is 15.1 Å². The van der Waals surface area contributed by atoms with E-state index < -0.39 is 0 Å². The normalized spacial score (nSPS) is 34.8. The highest BCUT2D eigenvalue weighted by molar-refractivity contribution is 7.80. The number of fused-ring (bicyclic) bond motifs is 1. The Labute approximate surface area is 155 Å². The van der Waals surface area contributed by atoms with Crippen molar-refractivity contribution in [3.63, 3.8) is 0 Å². The van der Waals surface area contributed by atoms with Crippen LogP contribution in [0.5, 0.6) is 0 Å². The van der Waals surface area contributed by atoms with Crippen LogP contribution in [-0.4, -0.2) is 66.4 Å². The van der Waals surface area contributed by atoms with Gasteiger partial charge in [0.1, 0.15) is 0 Å². The summed E-state index contributed by atoms with van der Waals surface area (Å²) in [6, 6.07) is 10.5. The lowest BCUT2D eigenvalue weighted by Crippen LogP contribution is -2.60. The number of rotatable bonds is 4. The third-order valence-corrected chi connectivity index (χ3v) is 5.90. The molecule has 0 amide bonds. The van der Waals surface area contributed by atoms with E-state index in [4.69, 9.17) is 17.3 Å². The molecule has 6 heteroatoms. The number of hydrogen-bond donors (Lipinski definition) is 2. The maximum atomic E-state index is 5.41. The van der Waals surface area contributed by atoms with E-state index in [0.717, 1.165) is 39.1 Å². The maximum absolute atomic E-state index is 5.41. The summed E-state index contributed by atoms with van der Waals surface area (Å²) < 4.78 is 0. The molecule has 4 heterocycles. The summed E-state index contributed by atoms with van der Waals surface area (Å²) in [5.74, 6) is 0.537. The zero-order valence-corrected chi connectivity index (χ0v) is 15.7. The second kappa shape index (κ2) is 7.02. The topological polar surface area (TPSA) is 42.9 Å². The summed E-state index contributed by atoms with van der Waals surface area (Å²) in [7, 11) is 0. The Hall–Kier alpha value is -1.50. The molecule has 4 saturated heterocycles. The molecule has 1 aromatic carbocycles. The smallest absolute Gasteiger partial charge is 0.186 e. The number of thiocarbonyl (C=S) groups is 1. The van der Waals surface area contributed by atoms with Gasteiger partial charge in [0.25, 0.3) is 0 Å². The minimum Gasteiger partial charge on any atom is -0.361 e. The van der Waals surface area contributed by atoms with Gasteiger partial charge >= 0.3 is 0 Å². The van der Waals surface area contributed by atoms with Crippen molar-refractivity contribution < 1.29 is 0 Å². The monoisotopic (exact) mass is 357 g/mol. The highest BCUT2D eigenvalue weighted by Gasteiger charge is 2.49. The lowest BCUT2D eigenvalue weighted by atomic mass is 9.72. The molecule has 0 spiro atoms. The summed E-state index contributed by atoms with van der Waals surface area (Å²) in [4.78, 5) is 5.21. The molecular formula is C19H27N5S. The van der Waals surface area contributed by atoms with Crippen LogP contribution in [0.3, 0.4) is 0 Å². The third-order valence-electron chi connectivity index (χ3n) is 5.66. The van der Waals surface area contributed by atoms with Crippen molar-refractivity contribution >= 4 is 23.0 Å². The number of hydrogen-bond acceptors (Lipinski definition) is 4. The summed E-state index contributed by atoms with van der Waals surface area (Å²) in [6.07, 6.45) is 0.962. The van der Waals surface area contributed by atoms with Crippen LogP contribution in [-0.2, 0) is 6.42 Å². The minimum atomic E-state index is 0.157. The van der Waals surface area contributed by atoms with E-state index in [-0.39, 0.29) is 5.41 Å². The van der Waals surface area contributed by atoms with Crippen LogP contribution in [0.25, 0.3) is 0 Å². The lowest BCUT2D eigenvalue weighted by molar-refractivity contribution is 0.130. The van der Waals surface area contributed by atoms with Gasteiger partial charge in [-0.15, -0.1) is 0 Å². The van der Waals surface area contributed by atoms with Crippen LogP contribution >= 0.6 is 12.2 Å². The molecule has 4 aliphatic heterocycles. The summed E-state index contributed by atoms with van der Waals surface area (Å²) in [6.45, 7) is 10.1. The molecule has 4 fully saturated rings. The van der Waals surface area contributed by atoms with Crippen molar-refractivity contribution in [1.29, 1.82) is 0 Å². The van der Waals surface area contributed by atoms with Gasteiger partial charge in [-0.1, -0.05) is 37.3 Å². The van der Waals surface area contributed by atoms with Crippen molar-refractivity contribution in [3.8, 4) is 0 Å². The van der Waals surface area contributed by atoms with E-state index in [1.54, 1.807) is 0 Å². The van der Waals surface area contributed by atoms with E-state index in [9.17, 15) is 0 Å². The molecule has 0 saturated carbocycles. The number of piperidine rings is 2. The standard InChI is InChI=1S/C19H27N5S/c1-19-13-23-9-10-24(14-19)12-16(11-23)17(19)21-22-18(25)20-8-7-15-5-3-2-4-6-15/h2-6,16H,7-14H2,1H3,(H2,20,22,25)/b21-17+. The van der Waals surface area contributed by atoms with Gasteiger partial charge in [0, 0.05) is 57.1 Å². The highest BCUT2D eigenvalue weighted by Crippen LogP contribution is 2.37. The Morgan fingerprint density at radius 1 is 1.20 bits per heavy atom. The Balaban J connectivity index is 1.33. The van der Waals surface area contributed by atoms with E-state index in [1.807, 2.05) is 6.07 Å². The van der Waals surface area contributed by atoms with Crippen LogP contribution in [0.1, 0.15) is 12.5 Å². The first-order valence-corrected chi connectivity index (χ1v) is 9.64. The fourth-order valence-electron chi connectivity index (χ4n) is 4.64. The van der Waals surface area contributed by atoms with Crippen LogP contribution in [0.2, 0.25) is 0 Å². The third kappa shape index (κ3) is 3.71. The molecule has 4 bridgehead atoms. The molecule has 4 aliphatic rings. The van der Waals surface area contributed by atoms with Gasteiger partial charge in [0.2, 0.25) is 0 Å². The quantitative estimate of drug-likeness (QED) is 0.628. The van der Waals surface area contributed by atoms with Crippen molar-refractivity contribution in [1.82, 2.24) is 20.5 Å². The largest absolute Gasteiger partial charge is 0.361 e.